The molecular weight excluding hydrogens is 520 g/mol. The number of benzene rings is 3. The molecule has 0 fully saturated rings. The highest BCUT2D eigenvalue weighted by molar-refractivity contribution is 14.1. The molecule has 0 aliphatic carbocycles. The largest absolute Gasteiger partial charge is 0.247 e. The maximum Gasteiger partial charge on any atom is 0.0849 e. The zero-order chi connectivity index (χ0) is 16.5. The van der Waals surface area contributed by atoms with Crippen molar-refractivity contribution >= 4 is 56.1 Å². The van der Waals surface area contributed by atoms with Gasteiger partial charge in [0.05, 0.1) is 11.2 Å². The van der Waals surface area contributed by atoms with Crippen LogP contribution < -0.4 is 0 Å². The molecule has 3 aromatic carbocycles. The molecule has 4 rings (SSSR count). The van der Waals surface area contributed by atoms with Crippen molar-refractivity contribution in [2.24, 2.45) is 0 Å². The van der Waals surface area contributed by atoms with E-state index < -0.39 is 0 Å². The van der Waals surface area contributed by atoms with Crippen molar-refractivity contribution in [1.29, 1.82) is 0 Å². The maximum atomic E-state index is 4.96. The van der Waals surface area contributed by atoms with Crippen molar-refractivity contribution in [2.45, 2.75) is 0 Å². The molecule has 0 spiro atoms. The average molecular weight is 533 g/mol. The summed E-state index contributed by atoms with van der Waals surface area (Å²) in [5, 5.41) is 1.21. The average Bonchev–Trinajstić information content (AvgIpc) is 2.63. The molecule has 4 aromatic rings. The van der Waals surface area contributed by atoms with Crippen molar-refractivity contribution in [3.05, 3.63) is 86.0 Å². The van der Waals surface area contributed by atoms with Gasteiger partial charge in [-0.1, -0.05) is 60.7 Å². The van der Waals surface area contributed by atoms with E-state index in [0.717, 1.165) is 16.8 Å². The molecule has 0 aliphatic rings. The smallest absolute Gasteiger partial charge is 0.0849 e. The first-order valence-electron chi connectivity index (χ1n) is 7.63. The maximum absolute atomic E-state index is 4.96. The normalized spacial score (nSPS) is 10.9. The highest BCUT2D eigenvalue weighted by Gasteiger charge is 2.16. The number of halogens is 2. The fourth-order valence-electron chi connectivity index (χ4n) is 2.89. The van der Waals surface area contributed by atoms with Crippen LogP contribution in [0.2, 0.25) is 0 Å². The first-order valence-corrected chi connectivity index (χ1v) is 9.79. The zero-order valence-corrected chi connectivity index (χ0v) is 17.0. The molecule has 0 amide bonds. The molecule has 1 aromatic heterocycles. The van der Waals surface area contributed by atoms with E-state index in [1.54, 1.807) is 0 Å². The van der Waals surface area contributed by atoms with Crippen molar-refractivity contribution in [2.75, 3.05) is 0 Å². The summed E-state index contributed by atoms with van der Waals surface area (Å²) in [5.74, 6) is 0. The lowest BCUT2D eigenvalue weighted by Gasteiger charge is -2.14. The van der Waals surface area contributed by atoms with Crippen LogP contribution in [-0.4, -0.2) is 4.98 Å². The Morgan fingerprint density at radius 2 is 1.29 bits per heavy atom. The third kappa shape index (κ3) is 2.95. The Morgan fingerprint density at radius 3 is 1.96 bits per heavy atom. The molecule has 24 heavy (non-hydrogen) atoms. The van der Waals surface area contributed by atoms with Crippen molar-refractivity contribution in [3.8, 4) is 22.4 Å². The van der Waals surface area contributed by atoms with Gasteiger partial charge in [0.25, 0.3) is 0 Å². The molecule has 0 unspecified atom stereocenters. The van der Waals surface area contributed by atoms with Crippen LogP contribution in [0.3, 0.4) is 0 Å². The molecule has 0 N–H and O–H groups in total. The molecule has 1 heterocycles. The number of rotatable bonds is 2. The minimum absolute atomic E-state index is 1.04. The van der Waals surface area contributed by atoms with Gasteiger partial charge < -0.3 is 0 Å². The van der Waals surface area contributed by atoms with Gasteiger partial charge in [-0.25, -0.2) is 4.98 Å². The van der Waals surface area contributed by atoms with E-state index in [4.69, 9.17) is 4.98 Å². The van der Waals surface area contributed by atoms with Crippen LogP contribution >= 0.6 is 45.2 Å². The number of fused-ring (bicyclic) bond motifs is 1. The summed E-state index contributed by atoms with van der Waals surface area (Å²) in [6.07, 6.45) is 0. The van der Waals surface area contributed by atoms with Gasteiger partial charge in [0.2, 0.25) is 0 Å². The molecule has 0 saturated heterocycles. The molecule has 0 aliphatic heterocycles. The van der Waals surface area contributed by atoms with E-state index >= 15 is 0 Å². The Balaban J connectivity index is 2.11. The molecular formula is C21H13I2N. The Labute approximate surface area is 168 Å². The molecule has 116 valence electrons. The minimum atomic E-state index is 1.04. The van der Waals surface area contributed by atoms with E-state index in [9.17, 15) is 0 Å². The molecule has 0 saturated carbocycles. The Hall–Kier alpha value is -1.47. The zero-order valence-electron chi connectivity index (χ0n) is 12.7. The lowest BCUT2D eigenvalue weighted by Crippen LogP contribution is -1.95. The van der Waals surface area contributed by atoms with E-state index in [1.165, 1.54) is 23.7 Å². The van der Waals surface area contributed by atoms with Crippen LogP contribution in [0.25, 0.3) is 33.3 Å². The quantitative estimate of drug-likeness (QED) is 0.259. The van der Waals surface area contributed by atoms with Gasteiger partial charge in [0.15, 0.2) is 0 Å². The van der Waals surface area contributed by atoms with Gasteiger partial charge in [0.1, 0.15) is 0 Å². The molecule has 3 heteroatoms. The summed E-state index contributed by atoms with van der Waals surface area (Å²) in [4.78, 5) is 4.96. The Morgan fingerprint density at radius 1 is 0.667 bits per heavy atom. The fourth-order valence-corrected chi connectivity index (χ4v) is 4.41. The summed E-state index contributed by atoms with van der Waals surface area (Å²) in [7, 11) is 0. The Kier molecular flexibility index (Phi) is 4.54. The summed E-state index contributed by atoms with van der Waals surface area (Å²) in [6, 6.07) is 27.5. The number of hydrogen-bond acceptors (Lipinski definition) is 1. The third-order valence-corrected chi connectivity index (χ3v) is 5.72. The standard InChI is InChI=1S/C21H13I2N/c22-16-11-12-18-17(13-16)19(14-7-3-1-4-8-14)20(23)21(24-18)15-9-5-2-6-10-15/h1-13H. The van der Waals surface area contributed by atoms with Crippen LogP contribution in [0.5, 0.6) is 0 Å². The van der Waals surface area contributed by atoms with Crippen molar-refractivity contribution in [3.63, 3.8) is 0 Å². The van der Waals surface area contributed by atoms with E-state index in [-0.39, 0.29) is 0 Å². The number of aromatic nitrogens is 1. The predicted octanol–water partition coefficient (Wildman–Crippen LogP) is 6.78. The number of nitrogens with zero attached hydrogens (tertiary/aromatic N) is 1. The highest BCUT2D eigenvalue weighted by Crippen LogP contribution is 2.38. The van der Waals surface area contributed by atoms with Gasteiger partial charge in [0, 0.05) is 23.7 Å². The number of hydrogen-bond donors (Lipinski definition) is 0. The first kappa shape index (κ1) is 16.0. The minimum Gasteiger partial charge on any atom is -0.247 e. The lowest BCUT2D eigenvalue weighted by molar-refractivity contribution is 1.37. The summed E-state index contributed by atoms with van der Waals surface area (Å²) in [6.45, 7) is 0. The monoisotopic (exact) mass is 533 g/mol. The van der Waals surface area contributed by atoms with Gasteiger partial charge in [-0.15, -0.1) is 0 Å². The van der Waals surface area contributed by atoms with Crippen LogP contribution in [0.15, 0.2) is 78.9 Å². The van der Waals surface area contributed by atoms with E-state index in [2.05, 4.69) is 118 Å². The SMILES string of the molecule is Ic1ccc2nc(-c3ccccc3)c(I)c(-c3ccccc3)c2c1. The van der Waals surface area contributed by atoms with E-state index in [0.29, 0.717) is 0 Å². The second kappa shape index (κ2) is 6.80. The highest BCUT2D eigenvalue weighted by atomic mass is 127. The van der Waals surface area contributed by atoms with Crippen molar-refractivity contribution < 1.29 is 0 Å². The molecule has 0 atom stereocenters. The van der Waals surface area contributed by atoms with E-state index in [1.807, 2.05) is 6.07 Å². The second-order valence-corrected chi connectivity index (χ2v) is 7.87. The van der Waals surface area contributed by atoms with Crippen LogP contribution in [0.1, 0.15) is 0 Å². The van der Waals surface area contributed by atoms with Gasteiger partial charge >= 0.3 is 0 Å². The van der Waals surface area contributed by atoms with Gasteiger partial charge in [-0.2, -0.15) is 0 Å². The topological polar surface area (TPSA) is 12.9 Å². The molecule has 0 bridgehead atoms. The molecule has 0 radical (unpaired) electrons. The predicted molar refractivity (Wildman–Crippen MR) is 118 cm³/mol. The van der Waals surface area contributed by atoms with Crippen LogP contribution in [0.4, 0.5) is 0 Å². The summed E-state index contributed by atoms with van der Waals surface area (Å²) in [5.41, 5.74) is 5.73. The van der Waals surface area contributed by atoms with Crippen LogP contribution in [-0.2, 0) is 0 Å². The van der Waals surface area contributed by atoms with Crippen molar-refractivity contribution in [1.82, 2.24) is 4.98 Å². The van der Waals surface area contributed by atoms with Crippen LogP contribution in [0, 0.1) is 7.14 Å². The third-order valence-electron chi connectivity index (χ3n) is 4.00. The second-order valence-electron chi connectivity index (χ2n) is 5.54. The molecule has 1 nitrogen and oxygen atoms in total. The van der Waals surface area contributed by atoms with Gasteiger partial charge in [-0.3, -0.25) is 0 Å². The summed E-state index contributed by atoms with van der Waals surface area (Å²) >= 11 is 4.81. The number of pyridine rings is 1. The fraction of sp³-hybridized carbons (Fsp3) is 0. The first-order chi connectivity index (χ1) is 11.7. The van der Waals surface area contributed by atoms with Gasteiger partial charge in [-0.05, 0) is 68.9 Å². The summed E-state index contributed by atoms with van der Waals surface area (Å²) < 4.78 is 2.42. The lowest BCUT2D eigenvalue weighted by atomic mass is 9.98. The Bertz CT molecular complexity index is 1010.